The smallest absolute Gasteiger partial charge is 0.0694 e. The van der Waals surface area contributed by atoms with Gasteiger partial charge in [0.25, 0.3) is 0 Å². The van der Waals surface area contributed by atoms with Crippen LogP contribution in [0.3, 0.4) is 0 Å². The van der Waals surface area contributed by atoms with E-state index in [-0.39, 0.29) is 0 Å². The summed E-state index contributed by atoms with van der Waals surface area (Å²) in [5, 5.41) is 0. The van der Waals surface area contributed by atoms with E-state index in [1.165, 1.54) is 0 Å². The molecule has 0 aliphatic heterocycles. The maximum atomic E-state index is 4.62. The van der Waals surface area contributed by atoms with Gasteiger partial charge in [-0.05, 0) is 29.9 Å². The molecule has 4 heteroatoms. The Bertz CT molecular complexity index is 65.0. The van der Waals surface area contributed by atoms with Crippen LogP contribution in [0, 0.1) is 0 Å². The normalized spacial score (nSPS) is 7.40. The van der Waals surface area contributed by atoms with Crippen molar-refractivity contribution in [2.24, 2.45) is 0 Å². The van der Waals surface area contributed by atoms with E-state index in [0.29, 0.717) is 0 Å². The fourth-order valence-corrected chi connectivity index (χ4v) is 0. The highest BCUT2D eigenvalue weighted by Gasteiger charge is 1.61. The van der Waals surface area contributed by atoms with E-state index in [1.54, 1.807) is 11.4 Å². The molecule has 0 aromatic rings. The fraction of sp³-hybridized carbons (Fsp3) is 1.00. The van der Waals surface area contributed by atoms with Crippen molar-refractivity contribution in [3.63, 3.8) is 0 Å². The van der Waals surface area contributed by atoms with E-state index >= 15 is 0 Å². The quantitative estimate of drug-likeness (QED) is 0.511. The van der Waals surface area contributed by atoms with Gasteiger partial charge < -0.3 is 0 Å². The van der Waals surface area contributed by atoms with Crippen molar-refractivity contribution in [1.29, 1.82) is 0 Å². The van der Waals surface area contributed by atoms with Crippen LogP contribution >= 0.6 is 16.1 Å². The zero-order valence-corrected chi connectivity index (χ0v) is 6.02. The van der Waals surface area contributed by atoms with E-state index in [2.05, 4.69) is 23.6 Å². The minimum atomic E-state index is -0.515. The first kappa shape index (κ1) is 6.09. The van der Waals surface area contributed by atoms with Crippen LogP contribution in [0.5, 0.6) is 0 Å². The molecule has 0 fully saturated rings. The Hall–Kier alpha value is 1.09. The van der Waals surface area contributed by atoms with Crippen molar-refractivity contribution in [3.05, 3.63) is 0 Å². The minimum Gasteiger partial charge on any atom is -0.0888 e. The summed E-state index contributed by atoms with van der Waals surface area (Å²) in [5.74, 6) is 0. The molecule has 0 bridgehead atoms. The van der Waals surface area contributed by atoms with E-state index < -0.39 is 4.67 Å². The second-order valence-electron chi connectivity index (χ2n) is 0.406. The second kappa shape index (κ2) is 3.29. The number of rotatable bonds is 1. The van der Waals surface area contributed by atoms with Gasteiger partial charge in [0.1, 0.15) is 0 Å². The van der Waals surface area contributed by atoms with Gasteiger partial charge in [-0.3, -0.25) is 0 Å². The van der Waals surface area contributed by atoms with E-state index in [1.807, 2.05) is 6.26 Å². The highest BCUT2D eigenvalue weighted by atomic mass is 33.1. The first-order valence-electron chi connectivity index (χ1n) is 0.956. The standard InChI is InChI=1S/CH3PS3/c1-5-2(3)4/h1H3. The van der Waals surface area contributed by atoms with Crippen LogP contribution in [0.2, 0.25) is 0 Å². The van der Waals surface area contributed by atoms with Gasteiger partial charge in [-0.15, -0.1) is 0 Å². The molecule has 0 saturated heterocycles. The van der Waals surface area contributed by atoms with Gasteiger partial charge in [-0.2, -0.15) is 0 Å². The number of hydrogen-bond acceptors (Lipinski definition) is 3. The molecule has 0 atom stereocenters. The Morgan fingerprint density at radius 1 is 1.60 bits per heavy atom. The Kier molecular flexibility index (Phi) is 4.00. The van der Waals surface area contributed by atoms with Crippen LogP contribution < -0.4 is 0 Å². The molecule has 0 unspecified atom stereocenters. The van der Waals surface area contributed by atoms with Crippen LogP contribution in [0.1, 0.15) is 0 Å². The van der Waals surface area contributed by atoms with Gasteiger partial charge in [0.2, 0.25) is 0 Å². The first-order chi connectivity index (χ1) is 2.27. The van der Waals surface area contributed by atoms with Crippen molar-refractivity contribution < 1.29 is 0 Å². The van der Waals surface area contributed by atoms with Gasteiger partial charge in [0.05, 0.1) is 4.67 Å². The van der Waals surface area contributed by atoms with Crippen molar-refractivity contribution in [2.45, 2.75) is 0 Å². The first-order valence-corrected chi connectivity index (χ1v) is 6.15. The summed E-state index contributed by atoms with van der Waals surface area (Å²) in [6.45, 7) is 0. The molecule has 0 aromatic heterocycles. The fourth-order valence-electron chi connectivity index (χ4n) is 0. The summed E-state index contributed by atoms with van der Waals surface area (Å²) in [7, 11) is 0. The third-order valence-electron chi connectivity index (χ3n) is 0.149. The molecular weight excluding hydrogens is 139 g/mol. The summed E-state index contributed by atoms with van der Waals surface area (Å²) in [6, 6.07) is 0. The van der Waals surface area contributed by atoms with Crippen molar-refractivity contribution in [1.82, 2.24) is 0 Å². The zero-order valence-electron chi connectivity index (χ0n) is 2.67. The van der Waals surface area contributed by atoms with Crippen molar-refractivity contribution >= 4 is 39.7 Å². The third-order valence-corrected chi connectivity index (χ3v) is 4.02. The summed E-state index contributed by atoms with van der Waals surface area (Å²) in [6.07, 6.45) is 1.94. The highest BCUT2D eigenvalue weighted by molar-refractivity contribution is 8.71. The molecule has 0 saturated carbocycles. The molecule has 0 aliphatic carbocycles. The predicted octanol–water partition coefficient (Wildman–Crippen LogP) is 1.67. The van der Waals surface area contributed by atoms with Gasteiger partial charge in [0.15, 0.2) is 0 Å². The monoisotopic (exact) mass is 142 g/mol. The average Bonchev–Trinajstić information content (AvgIpc) is 1.38. The Balaban J connectivity index is 3.23. The second-order valence-corrected chi connectivity index (χ2v) is 7.68. The van der Waals surface area contributed by atoms with Gasteiger partial charge in [0, 0.05) is 0 Å². The molecule has 0 aliphatic rings. The van der Waals surface area contributed by atoms with Crippen LogP contribution in [0.15, 0.2) is 0 Å². The Labute approximate surface area is 46.2 Å². The lowest BCUT2D eigenvalue weighted by molar-refractivity contribution is 2.55. The lowest BCUT2D eigenvalue weighted by Crippen LogP contribution is -1.19. The molecule has 0 aromatic carbocycles. The zero-order chi connectivity index (χ0) is 4.28. The Morgan fingerprint density at radius 2 is 1.80 bits per heavy atom. The largest absolute Gasteiger partial charge is 0.0888 e. The van der Waals surface area contributed by atoms with Gasteiger partial charge in [-0.1, -0.05) is 11.4 Å². The molecule has 0 spiro atoms. The lowest BCUT2D eigenvalue weighted by atomic mass is 12.0. The predicted molar refractivity (Wildman–Crippen MR) is 35.2 cm³/mol. The molecular formula is CH3PS3. The maximum absolute atomic E-state index is 4.62. The maximum Gasteiger partial charge on any atom is 0.0694 e. The molecule has 0 rings (SSSR count). The molecule has 0 N–H and O–H groups in total. The van der Waals surface area contributed by atoms with Crippen molar-refractivity contribution in [3.8, 4) is 0 Å². The molecule has 0 nitrogen and oxygen atoms in total. The highest BCUT2D eigenvalue weighted by Crippen LogP contribution is 2.20. The lowest BCUT2D eigenvalue weighted by Gasteiger charge is -1.63. The topological polar surface area (TPSA) is 0 Å². The van der Waals surface area contributed by atoms with Gasteiger partial charge in [-0.25, -0.2) is 0 Å². The minimum absolute atomic E-state index is 0.515. The summed E-state index contributed by atoms with van der Waals surface area (Å²) >= 11 is 10.8. The van der Waals surface area contributed by atoms with Crippen LogP contribution in [-0.4, -0.2) is 6.26 Å². The Morgan fingerprint density at radius 3 is 1.80 bits per heavy atom. The molecule has 30 valence electrons. The van der Waals surface area contributed by atoms with E-state index in [9.17, 15) is 0 Å². The summed E-state index contributed by atoms with van der Waals surface area (Å²) < 4.78 is -0.515. The van der Waals surface area contributed by atoms with E-state index in [4.69, 9.17) is 0 Å². The molecule has 5 heavy (non-hydrogen) atoms. The SMILES string of the molecule is CSP(=S)=S. The van der Waals surface area contributed by atoms with Gasteiger partial charge >= 0.3 is 0 Å². The van der Waals surface area contributed by atoms with Crippen LogP contribution in [0.4, 0.5) is 0 Å². The van der Waals surface area contributed by atoms with E-state index in [0.717, 1.165) is 0 Å². The molecule has 0 amide bonds. The molecule has 0 radical (unpaired) electrons. The van der Waals surface area contributed by atoms with Crippen LogP contribution in [0.25, 0.3) is 0 Å². The number of hydrogen-bond donors (Lipinski definition) is 0. The third kappa shape index (κ3) is 5.09. The summed E-state index contributed by atoms with van der Waals surface area (Å²) in [5.41, 5.74) is 0. The summed E-state index contributed by atoms with van der Waals surface area (Å²) in [4.78, 5) is 0. The average molecular weight is 142 g/mol. The van der Waals surface area contributed by atoms with Crippen molar-refractivity contribution in [2.75, 3.05) is 6.26 Å². The molecule has 0 heterocycles. The van der Waals surface area contributed by atoms with Crippen LogP contribution in [-0.2, 0) is 23.6 Å².